The summed E-state index contributed by atoms with van der Waals surface area (Å²) in [6.07, 6.45) is 4.35. The molecule has 3 heteroatoms. The molecule has 2 rings (SSSR count). The molecule has 1 saturated carbocycles. The SMILES string of the molecule is CCCNCC1(c2c(F)cccc2Cl)CC(CC)C1. The fourth-order valence-corrected chi connectivity index (χ4v) is 3.64. The van der Waals surface area contributed by atoms with Crippen LogP contribution in [0, 0.1) is 11.7 Å². The molecule has 1 aliphatic rings. The van der Waals surface area contributed by atoms with Crippen molar-refractivity contribution in [3.05, 3.63) is 34.6 Å². The Balaban J connectivity index is 2.23. The lowest BCUT2D eigenvalue weighted by Gasteiger charge is -2.49. The predicted octanol–water partition coefficient (Wildman–Crippen LogP) is 4.54. The van der Waals surface area contributed by atoms with Gasteiger partial charge < -0.3 is 5.32 Å². The highest BCUT2D eigenvalue weighted by Gasteiger charge is 2.46. The van der Waals surface area contributed by atoms with Crippen LogP contribution in [-0.2, 0) is 5.41 Å². The molecular formula is C16H23ClFN. The van der Waals surface area contributed by atoms with E-state index in [4.69, 9.17) is 11.6 Å². The van der Waals surface area contributed by atoms with Gasteiger partial charge in [-0.3, -0.25) is 0 Å². The molecule has 19 heavy (non-hydrogen) atoms. The van der Waals surface area contributed by atoms with Gasteiger partial charge in [-0.05, 0) is 43.9 Å². The van der Waals surface area contributed by atoms with E-state index in [1.807, 2.05) is 0 Å². The van der Waals surface area contributed by atoms with Gasteiger partial charge in [0.15, 0.2) is 0 Å². The summed E-state index contributed by atoms with van der Waals surface area (Å²) < 4.78 is 14.2. The third-order valence-electron chi connectivity index (χ3n) is 4.32. The fourth-order valence-electron chi connectivity index (χ4n) is 3.28. The maximum absolute atomic E-state index is 14.2. The fraction of sp³-hybridized carbons (Fsp3) is 0.625. The summed E-state index contributed by atoms with van der Waals surface area (Å²) in [4.78, 5) is 0. The van der Waals surface area contributed by atoms with Crippen LogP contribution >= 0.6 is 11.6 Å². The molecule has 0 amide bonds. The van der Waals surface area contributed by atoms with Crippen molar-refractivity contribution in [1.82, 2.24) is 5.32 Å². The van der Waals surface area contributed by atoms with Gasteiger partial charge in [-0.15, -0.1) is 0 Å². The van der Waals surface area contributed by atoms with Crippen LogP contribution in [0.1, 0.15) is 45.1 Å². The van der Waals surface area contributed by atoms with Crippen LogP contribution in [0.5, 0.6) is 0 Å². The zero-order valence-corrected chi connectivity index (χ0v) is 12.6. The second-order valence-electron chi connectivity index (χ2n) is 5.74. The molecule has 1 aliphatic carbocycles. The molecule has 0 aromatic heterocycles. The molecule has 0 saturated heterocycles. The quantitative estimate of drug-likeness (QED) is 0.756. The Hall–Kier alpha value is -0.600. The van der Waals surface area contributed by atoms with Crippen molar-refractivity contribution < 1.29 is 4.39 Å². The van der Waals surface area contributed by atoms with Crippen molar-refractivity contribution in [2.45, 2.75) is 44.9 Å². The minimum Gasteiger partial charge on any atom is -0.316 e. The van der Waals surface area contributed by atoms with Gasteiger partial charge in [0, 0.05) is 22.5 Å². The van der Waals surface area contributed by atoms with Crippen molar-refractivity contribution in [1.29, 1.82) is 0 Å². The normalized spacial score (nSPS) is 26.2. The zero-order valence-electron chi connectivity index (χ0n) is 11.8. The first-order valence-corrected chi connectivity index (χ1v) is 7.66. The smallest absolute Gasteiger partial charge is 0.128 e. The maximum atomic E-state index is 14.2. The minimum atomic E-state index is -0.152. The molecule has 1 aromatic rings. The molecule has 1 nitrogen and oxygen atoms in total. The predicted molar refractivity (Wildman–Crippen MR) is 79.3 cm³/mol. The molecule has 0 aliphatic heterocycles. The highest BCUT2D eigenvalue weighted by molar-refractivity contribution is 6.31. The van der Waals surface area contributed by atoms with Gasteiger partial charge in [0.05, 0.1) is 0 Å². The van der Waals surface area contributed by atoms with Gasteiger partial charge in [-0.25, -0.2) is 4.39 Å². The van der Waals surface area contributed by atoms with Gasteiger partial charge >= 0.3 is 0 Å². The van der Waals surface area contributed by atoms with Crippen LogP contribution in [0.25, 0.3) is 0 Å². The largest absolute Gasteiger partial charge is 0.316 e. The standard InChI is InChI=1S/C16H23ClFN/c1-3-8-19-11-16(9-12(4-2)10-16)15-13(17)6-5-7-14(15)18/h5-7,12,19H,3-4,8-11H2,1-2H3. The molecular weight excluding hydrogens is 261 g/mol. The van der Waals surface area contributed by atoms with E-state index >= 15 is 0 Å². The summed E-state index contributed by atoms with van der Waals surface area (Å²) in [5, 5.41) is 4.03. The van der Waals surface area contributed by atoms with E-state index in [0.29, 0.717) is 10.9 Å². The van der Waals surface area contributed by atoms with Crippen LogP contribution in [-0.4, -0.2) is 13.1 Å². The Morgan fingerprint density at radius 1 is 1.37 bits per heavy atom. The molecule has 106 valence electrons. The summed E-state index contributed by atoms with van der Waals surface area (Å²) in [7, 11) is 0. The molecule has 0 atom stereocenters. The van der Waals surface area contributed by atoms with Gasteiger partial charge in [-0.2, -0.15) is 0 Å². The topological polar surface area (TPSA) is 12.0 Å². The lowest BCUT2D eigenvalue weighted by Crippen LogP contribution is -2.49. The Morgan fingerprint density at radius 2 is 2.11 bits per heavy atom. The lowest BCUT2D eigenvalue weighted by atomic mass is 9.57. The molecule has 0 radical (unpaired) electrons. The number of rotatable bonds is 6. The number of hydrogen-bond acceptors (Lipinski definition) is 1. The molecule has 1 N–H and O–H groups in total. The first-order chi connectivity index (χ1) is 9.13. The molecule has 1 fully saturated rings. The summed E-state index contributed by atoms with van der Waals surface area (Å²) in [5.74, 6) is 0.555. The molecule has 0 heterocycles. The highest BCUT2D eigenvalue weighted by Crippen LogP contribution is 2.51. The van der Waals surface area contributed by atoms with Crippen LogP contribution in [0.15, 0.2) is 18.2 Å². The van der Waals surface area contributed by atoms with Crippen LogP contribution in [0.2, 0.25) is 5.02 Å². The molecule has 0 spiro atoms. The maximum Gasteiger partial charge on any atom is 0.128 e. The lowest BCUT2D eigenvalue weighted by molar-refractivity contribution is 0.130. The van der Waals surface area contributed by atoms with Crippen LogP contribution < -0.4 is 5.32 Å². The van der Waals surface area contributed by atoms with E-state index in [1.54, 1.807) is 12.1 Å². The Labute approximate surface area is 120 Å². The summed E-state index contributed by atoms with van der Waals surface area (Å²) in [6.45, 7) is 6.16. The summed E-state index contributed by atoms with van der Waals surface area (Å²) in [6, 6.07) is 5.02. The van der Waals surface area contributed by atoms with Crippen LogP contribution in [0.3, 0.4) is 0 Å². The van der Waals surface area contributed by atoms with Crippen molar-refractivity contribution >= 4 is 11.6 Å². The van der Waals surface area contributed by atoms with Gasteiger partial charge in [-0.1, -0.05) is 37.9 Å². The number of benzene rings is 1. The van der Waals surface area contributed by atoms with Gasteiger partial charge in [0.1, 0.15) is 5.82 Å². The van der Waals surface area contributed by atoms with E-state index in [1.165, 1.54) is 12.5 Å². The first kappa shape index (κ1) is 14.8. The average molecular weight is 284 g/mol. The zero-order chi connectivity index (χ0) is 13.9. The summed E-state index contributed by atoms with van der Waals surface area (Å²) >= 11 is 6.26. The Morgan fingerprint density at radius 3 is 2.68 bits per heavy atom. The van der Waals surface area contributed by atoms with Gasteiger partial charge in [0.2, 0.25) is 0 Å². The van der Waals surface area contributed by atoms with E-state index < -0.39 is 0 Å². The van der Waals surface area contributed by atoms with Crippen molar-refractivity contribution in [3.8, 4) is 0 Å². The second-order valence-corrected chi connectivity index (χ2v) is 6.14. The van der Waals surface area contributed by atoms with Gasteiger partial charge in [0.25, 0.3) is 0 Å². The van der Waals surface area contributed by atoms with Crippen molar-refractivity contribution in [2.75, 3.05) is 13.1 Å². The monoisotopic (exact) mass is 283 g/mol. The molecule has 1 aromatic carbocycles. The number of hydrogen-bond donors (Lipinski definition) is 1. The second kappa shape index (κ2) is 6.23. The third kappa shape index (κ3) is 2.95. The van der Waals surface area contributed by atoms with Crippen molar-refractivity contribution in [3.63, 3.8) is 0 Å². The Bertz CT molecular complexity index is 407. The van der Waals surface area contributed by atoms with E-state index in [2.05, 4.69) is 19.2 Å². The van der Waals surface area contributed by atoms with Crippen LogP contribution in [0.4, 0.5) is 4.39 Å². The van der Waals surface area contributed by atoms with Crippen molar-refractivity contribution in [2.24, 2.45) is 5.92 Å². The molecule has 0 bridgehead atoms. The number of halogens is 2. The van der Waals surface area contributed by atoms with E-state index in [0.717, 1.165) is 37.9 Å². The molecule has 0 unspecified atom stereocenters. The average Bonchev–Trinajstić information content (AvgIpc) is 2.34. The van der Waals surface area contributed by atoms with E-state index in [9.17, 15) is 4.39 Å². The minimum absolute atomic E-state index is 0.0989. The first-order valence-electron chi connectivity index (χ1n) is 7.28. The third-order valence-corrected chi connectivity index (χ3v) is 4.63. The Kier molecular flexibility index (Phi) is 4.86. The number of nitrogens with one attached hydrogen (secondary N) is 1. The summed E-state index contributed by atoms with van der Waals surface area (Å²) in [5.41, 5.74) is 0.628. The highest BCUT2D eigenvalue weighted by atomic mass is 35.5. The van der Waals surface area contributed by atoms with E-state index in [-0.39, 0.29) is 11.2 Å².